The van der Waals surface area contributed by atoms with Crippen molar-refractivity contribution in [2.45, 2.75) is 11.4 Å². The highest BCUT2D eigenvalue weighted by Crippen LogP contribution is 2.24. The summed E-state index contributed by atoms with van der Waals surface area (Å²) in [5.41, 5.74) is 0.915. The van der Waals surface area contributed by atoms with Crippen LogP contribution in [0.5, 0.6) is 0 Å². The minimum atomic E-state index is -3.49. The number of piperazine rings is 1. The van der Waals surface area contributed by atoms with Gasteiger partial charge in [-0.05, 0) is 42.5 Å². The van der Waals surface area contributed by atoms with Crippen LogP contribution in [0.2, 0.25) is 5.02 Å². The number of sulfonamides is 1. The molecule has 1 aliphatic rings. The lowest BCUT2D eigenvalue weighted by molar-refractivity contribution is 0.168. The molecule has 0 atom stereocenters. The summed E-state index contributed by atoms with van der Waals surface area (Å²) in [4.78, 5) is 6.81. The monoisotopic (exact) mass is 495 g/mol. The van der Waals surface area contributed by atoms with Gasteiger partial charge in [-0.25, -0.2) is 13.4 Å². The lowest BCUT2D eigenvalue weighted by Gasteiger charge is -2.33. The Morgan fingerprint density at radius 3 is 2.48 bits per heavy atom. The molecule has 29 heavy (non-hydrogen) atoms. The van der Waals surface area contributed by atoms with Gasteiger partial charge in [0.15, 0.2) is 5.76 Å². The van der Waals surface area contributed by atoms with Crippen LogP contribution in [-0.4, -0.2) is 48.8 Å². The summed E-state index contributed by atoms with van der Waals surface area (Å²) in [6.45, 7) is 2.63. The van der Waals surface area contributed by atoms with E-state index >= 15 is 0 Å². The molecule has 0 spiro atoms. The smallest absolute Gasteiger partial charge is 0.243 e. The zero-order valence-electron chi connectivity index (χ0n) is 15.5. The number of rotatable bonds is 5. The van der Waals surface area contributed by atoms with Gasteiger partial charge in [-0.15, -0.1) is 0 Å². The third kappa shape index (κ3) is 4.73. The first-order valence-corrected chi connectivity index (χ1v) is 11.7. The van der Waals surface area contributed by atoms with Gasteiger partial charge < -0.3 is 4.42 Å². The van der Waals surface area contributed by atoms with Gasteiger partial charge in [-0.3, -0.25) is 4.90 Å². The second kappa shape index (κ2) is 8.57. The maximum atomic E-state index is 12.8. The zero-order valence-corrected chi connectivity index (χ0v) is 18.6. The molecule has 1 aromatic heterocycles. The Morgan fingerprint density at radius 2 is 1.79 bits per heavy atom. The Balaban J connectivity index is 1.37. The summed E-state index contributed by atoms with van der Waals surface area (Å²) in [5.74, 6) is 1.30. The topological polar surface area (TPSA) is 66.7 Å². The summed E-state index contributed by atoms with van der Waals surface area (Å²) in [6, 6.07) is 14.2. The van der Waals surface area contributed by atoms with Crippen LogP contribution >= 0.6 is 27.5 Å². The maximum absolute atomic E-state index is 12.8. The molecule has 2 aromatic carbocycles. The van der Waals surface area contributed by atoms with Gasteiger partial charge in [0.25, 0.3) is 0 Å². The Bertz CT molecular complexity index is 1090. The van der Waals surface area contributed by atoms with Crippen LogP contribution in [0, 0.1) is 0 Å². The van der Waals surface area contributed by atoms with Gasteiger partial charge in [0.2, 0.25) is 15.9 Å². The van der Waals surface area contributed by atoms with Crippen molar-refractivity contribution >= 4 is 37.6 Å². The number of nitrogens with zero attached hydrogens (tertiary/aromatic N) is 3. The fourth-order valence-corrected chi connectivity index (χ4v) is 5.37. The van der Waals surface area contributed by atoms with E-state index in [0.29, 0.717) is 54.3 Å². The molecular formula is C20H19BrClN3O3S. The fraction of sp³-hybridized carbons (Fsp3) is 0.250. The summed E-state index contributed by atoms with van der Waals surface area (Å²) in [6.07, 6.45) is 1.70. The van der Waals surface area contributed by atoms with E-state index in [-0.39, 0.29) is 0 Å². The van der Waals surface area contributed by atoms with Crippen molar-refractivity contribution in [3.05, 3.63) is 70.1 Å². The number of aromatic nitrogens is 1. The highest BCUT2D eigenvalue weighted by Gasteiger charge is 2.29. The van der Waals surface area contributed by atoms with Gasteiger partial charge in [0.05, 0.1) is 17.6 Å². The molecule has 1 saturated heterocycles. The molecule has 0 amide bonds. The average Bonchev–Trinajstić information content (AvgIpc) is 3.17. The highest BCUT2D eigenvalue weighted by atomic mass is 79.9. The molecule has 6 nitrogen and oxygen atoms in total. The van der Waals surface area contributed by atoms with E-state index in [1.807, 2.05) is 30.3 Å². The van der Waals surface area contributed by atoms with Crippen LogP contribution in [0.3, 0.4) is 0 Å². The second-order valence-corrected chi connectivity index (χ2v) is 10.1. The van der Waals surface area contributed by atoms with Crippen LogP contribution in [-0.2, 0) is 16.6 Å². The fourth-order valence-electron chi connectivity index (χ4n) is 3.23. The molecule has 1 aliphatic heterocycles. The van der Waals surface area contributed by atoms with E-state index in [2.05, 4.69) is 25.8 Å². The van der Waals surface area contributed by atoms with Crippen molar-refractivity contribution in [1.29, 1.82) is 0 Å². The third-order valence-electron chi connectivity index (χ3n) is 4.81. The lowest BCUT2D eigenvalue weighted by Crippen LogP contribution is -2.48. The van der Waals surface area contributed by atoms with Gasteiger partial charge >= 0.3 is 0 Å². The Hall–Kier alpha value is -1.71. The normalized spacial score (nSPS) is 16.2. The molecule has 0 bridgehead atoms. The Kier molecular flexibility index (Phi) is 6.08. The van der Waals surface area contributed by atoms with Gasteiger partial charge in [-0.2, -0.15) is 4.31 Å². The molecule has 152 valence electrons. The van der Waals surface area contributed by atoms with Crippen LogP contribution < -0.4 is 0 Å². The largest absolute Gasteiger partial charge is 0.439 e. The van der Waals surface area contributed by atoms with E-state index in [9.17, 15) is 8.42 Å². The summed E-state index contributed by atoms with van der Waals surface area (Å²) >= 11 is 9.25. The van der Waals surface area contributed by atoms with Crippen molar-refractivity contribution in [3.8, 4) is 11.3 Å². The SMILES string of the molecule is O=S(=O)(c1cccc(Br)c1)N1CCN(Cc2ncc(-c3ccc(Cl)cc3)o2)CC1. The van der Waals surface area contributed by atoms with Crippen molar-refractivity contribution in [2.75, 3.05) is 26.2 Å². The summed E-state index contributed by atoms with van der Waals surface area (Å²) in [5, 5.41) is 0.671. The molecular weight excluding hydrogens is 478 g/mol. The van der Waals surface area contributed by atoms with Crippen molar-refractivity contribution in [2.24, 2.45) is 0 Å². The summed E-state index contributed by atoms with van der Waals surface area (Å²) < 4.78 is 33.8. The van der Waals surface area contributed by atoms with Crippen molar-refractivity contribution in [3.63, 3.8) is 0 Å². The van der Waals surface area contributed by atoms with Gasteiger partial charge in [-0.1, -0.05) is 33.6 Å². The Labute approximate surface area is 183 Å². The van der Waals surface area contributed by atoms with E-state index in [4.69, 9.17) is 16.0 Å². The molecule has 1 fully saturated rings. The number of hydrogen-bond acceptors (Lipinski definition) is 5. The van der Waals surface area contributed by atoms with Crippen LogP contribution in [0.25, 0.3) is 11.3 Å². The first-order chi connectivity index (χ1) is 13.9. The standard InChI is InChI=1S/C20H19BrClN3O3S/c21-16-2-1-3-18(12-16)29(26,27)25-10-8-24(9-11-25)14-20-23-13-19(28-20)15-4-6-17(22)7-5-15/h1-7,12-13H,8-11,14H2. The molecule has 0 saturated carbocycles. The molecule has 2 heterocycles. The first kappa shape index (κ1) is 20.6. The Morgan fingerprint density at radius 1 is 1.07 bits per heavy atom. The predicted molar refractivity (Wildman–Crippen MR) is 115 cm³/mol. The first-order valence-electron chi connectivity index (χ1n) is 9.10. The number of halogens is 2. The lowest BCUT2D eigenvalue weighted by atomic mass is 10.2. The second-order valence-electron chi connectivity index (χ2n) is 6.76. The van der Waals surface area contributed by atoms with Crippen LogP contribution in [0.4, 0.5) is 0 Å². The minimum Gasteiger partial charge on any atom is -0.439 e. The molecule has 4 rings (SSSR count). The number of benzene rings is 2. The average molecular weight is 497 g/mol. The summed E-state index contributed by atoms with van der Waals surface area (Å²) in [7, 11) is -3.49. The van der Waals surface area contributed by atoms with Crippen LogP contribution in [0.15, 0.2) is 68.5 Å². The van der Waals surface area contributed by atoms with E-state index in [1.54, 1.807) is 24.4 Å². The van der Waals surface area contributed by atoms with E-state index < -0.39 is 10.0 Å². The van der Waals surface area contributed by atoms with E-state index in [0.717, 1.165) is 10.0 Å². The minimum absolute atomic E-state index is 0.306. The molecule has 0 aliphatic carbocycles. The van der Waals surface area contributed by atoms with Gasteiger partial charge in [0, 0.05) is 41.2 Å². The number of hydrogen-bond donors (Lipinski definition) is 0. The molecule has 3 aromatic rings. The molecule has 0 N–H and O–H groups in total. The van der Waals surface area contributed by atoms with Gasteiger partial charge in [0.1, 0.15) is 0 Å². The quantitative estimate of drug-likeness (QED) is 0.528. The number of oxazole rings is 1. The van der Waals surface area contributed by atoms with E-state index in [1.165, 1.54) is 4.31 Å². The predicted octanol–water partition coefficient (Wildman–Crippen LogP) is 4.26. The van der Waals surface area contributed by atoms with Crippen LogP contribution in [0.1, 0.15) is 5.89 Å². The molecule has 0 unspecified atom stereocenters. The molecule has 0 radical (unpaired) electrons. The van der Waals surface area contributed by atoms with Crippen molar-refractivity contribution in [1.82, 2.24) is 14.2 Å². The zero-order chi connectivity index (χ0) is 20.4. The maximum Gasteiger partial charge on any atom is 0.243 e. The van der Waals surface area contributed by atoms with Crippen molar-refractivity contribution < 1.29 is 12.8 Å². The third-order valence-corrected chi connectivity index (χ3v) is 7.45. The highest BCUT2D eigenvalue weighted by molar-refractivity contribution is 9.10. The molecule has 9 heteroatoms.